The maximum atomic E-state index is 5.70. The van der Waals surface area contributed by atoms with Crippen LogP contribution in [0.5, 0.6) is 0 Å². The van der Waals surface area contributed by atoms with Crippen molar-refractivity contribution >= 4 is 29.9 Å². The first-order chi connectivity index (χ1) is 11.2. The van der Waals surface area contributed by atoms with Crippen LogP contribution >= 0.6 is 24.0 Å². The molecule has 0 saturated carbocycles. The maximum absolute atomic E-state index is 5.70. The summed E-state index contributed by atoms with van der Waals surface area (Å²) in [7, 11) is 0. The van der Waals surface area contributed by atoms with Gasteiger partial charge in [0.2, 0.25) is 0 Å². The van der Waals surface area contributed by atoms with Gasteiger partial charge in [-0.05, 0) is 32.9 Å². The average Bonchev–Trinajstić information content (AvgIpc) is 3.00. The van der Waals surface area contributed by atoms with E-state index in [1.165, 1.54) is 26.2 Å². The number of aryl methyl sites for hydroxylation is 1. The van der Waals surface area contributed by atoms with Gasteiger partial charge in [-0.3, -0.25) is 14.8 Å². The molecule has 24 heavy (non-hydrogen) atoms. The Morgan fingerprint density at radius 3 is 2.62 bits per heavy atom. The molecule has 4 heterocycles. The van der Waals surface area contributed by atoms with Crippen molar-refractivity contribution in [3.05, 3.63) is 23.7 Å². The zero-order valence-electron chi connectivity index (χ0n) is 14.9. The van der Waals surface area contributed by atoms with E-state index in [-0.39, 0.29) is 30.0 Å². The van der Waals surface area contributed by atoms with Crippen LogP contribution in [0.4, 0.5) is 0 Å². The van der Waals surface area contributed by atoms with Crippen LogP contribution in [0.3, 0.4) is 0 Å². The first-order valence-electron chi connectivity index (χ1n) is 8.73. The van der Waals surface area contributed by atoms with Gasteiger partial charge in [-0.15, -0.1) is 24.0 Å². The second kappa shape index (κ2) is 9.05. The molecule has 3 aliphatic heterocycles. The Labute approximate surface area is 162 Å². The summed E-state index contributed by atoms with van der Waals surface area (Å²) in [5.74, 6) is 2.75. The van der Waals surface area contributed by atoms with Gasteiger partial charge in [-0.25, -0.2) is 0 Å². The van der Waals surface area contributed by atoms with E-state index in [9.17, 15) is 0 Å². The molecule has 0 aromatic carbocycles. The lowest BCUT2D eigenvalue weighted by molar-refractivity contribution is 0.0174. The Balaban J connectivity index is 0.00000208. The zero-order valence-corrected chi connectivity index (χ0v) is 17.2. The number of rotatable bonds is 5. The van der Waals surface area contributed by atoms with Crippen LogP contribution in [0.1, 0.15) is 31.4 Å². The number of aliphatic imine (C=N–C) groups is 1. The highest BCUT2D eigenvalue weighted by atomic mass is 127. The summed E-state index contributed by atoms with van der Waals surface area (Å²) < 4.78 is 5.70. The van der Waals surface area contributed by atoms with Gasteiger partial charge in [0.15, 0.2) is 5.96 Å². The van der Waals surface area contributed by atoms with Gasteiger partial charge in [-0.1, -0.05) is 0 Å². The molecule has 1 aromatic rings. The highest BCUT2D eigenvalue weighted by molar-refractivity contribution is 14.0. The van der Waals surface area contributed by atoms with Crippen molar-refractivity contribution in [3.8, 4) is 0 Å². The van der Waals surface area contributed by atoms with E-state index in [1.807, 2.05) is 19.1 Å². The third-order valence-electron chi connectivity index (χ3n) is 4.74. The van der Waals surface area contributed by atoms with E-state index >= 15 is 0 Å². The van der Waals surface area contributed by atoms with E-state index in [0.717, 1.165) is 37.1 Å². The third-order valence-corrected chi connectivity index (χ3v) is 4.74. The number of piperazine rings is 3. The molecule has 4 rings (SSSR count). The molecule has 2 N–H and O–H groups in total. The second-order valence-electron chi connectivity index (χ2n) is 6.52. The first kappa shape index (κ1) is 19.5. The standard InChI is InChI=1S/C17H29N5O.HI/c1-4-18-17(20-14(3)16-6-5-13(2)23-16)19-11-15-12-21-7-9-22(15)10-8-21;/h5-6,14-15H,4,7-12H2,1-3H3,(H2,18,19,20);1H. The fourth-order valence-corrected chi connectivity index (χ4v) is 3.38. The van der Waals surface area contributed by atoms with Crippen molar-refractivity contribution in [2.45, 2.75) is 32.9 Å². The van der Waals surface area contributed by atoms with Gasteiger partial charge in [-0.2, -0.15) is 0 Å². The molecule has 3 aliphatic rings. The molecule has 0 spiro atoms. The first-order valence-corrected chi connectivity index (χ1v) is 8.73. The van der Waals surface area contributed by atoms with Crippen LogP contribution in [0.2, 0.25) is 0 Å². The van der Waals surface area contributed by atoms with E-state index in [4.69, 9.17) is 9.41 Å². The number of guanidine groups is 1. The van der Waals surface area contributed by atoms with Gasteiger partial charge in [0, 0.05) is 45.3 Å². The highest BCUT2D eigenvalue weighted by Gasteiger charge is 2.31. The van der Waals surface area contributed by atoms with E-state index in [1.54, 1.807) is 0 Å². The molecule has 3 saturated heterocycles. The minimum absolute atomic E-state index is 0. The number of hydrogen-bond acceptors (Lipinski definition) is 4. The molecule has 6 nitrogen and oxygen atoms in total. The normalized spacial score (nSPS) is 27.5. The summed E-state index contributed by atoms with van der Waals surface area (Å²) in [6, 6.07) is 4.68. The zero-order chi connectivity index (χ0) is 16.2. The number of halogens is 1. The smallest absolute Gasteiger partial charge is 0.191 e. The van der Waals surface area contributed by atoms with Crippen LogP contribution in [0.25, 0.3) is 0 Å². The van der Waals surface area contributed by atoms with Crippen molar-refractivity contribution in [1.82, 2.24) is 20.4 Å². The van der Waals surface area contributed by atoms with E-state index < -0.39 is 0 Å². The van der Waals surface area contributed by atoms with Gasteiger partial charge < -0.3 is 15.1 Å². The number of furan rings is 1. The number of hydrogen-bond donors (Lipinski definition) is 2. The Bertz CT molecular complexity index is 539. The molecule has 2 unspecified atom stereocenters. The molecule has 2 atom stereocenters. The lowest BCUT2D eigenvalue weighted by Crippen LogP contribution is -2.62. The maximum Gasteiger partial charge on any atom is 0.191 e. The molecule has 1 aromatic heterocycles. The van der Waals surface area contributed by atoms with Crippen LogP contribution < -0.4 is 10.6 Å². The Kier molecular flexibility index (Phi) is 7.36. The topological polar surface area (TPSA) is 56.0 Å². The van der Waals surface area contributed by atoms with Crippen molar-refractivity contribution in [2.24, 2.45) is 4.99 Å². The summed E-state index contributed by atoms with van der Waals surface area (Å²) in [5, 5.41) is 6.78. The van der Waals surface area contributed by atoms with Gasteiger partial charge in [0.1, 0.15) is 11.5 Å². The van der Waals surface area contributed by atoms with Crippen LogP contribution in [-0.2, 0) is 0 Å². The van der Waals surface area contributed by atoms with Crippen molar-refractivity contribution < 1.29 is 4.42 Å². The molecule has 2 bridgehead atoms. The Morgan fingerprint density at radius 2 is 2.08 bits per heavy atom. The fourth-order valence-electron chi connectivity index (χ4n) is 3.38. The van der Waals surface area contributed by atoms with Gasteiger partial charge >= 0.3 is 0 Å². The summed E-state index contributed by atoms with van der Waals surface area (Å²) in [6.45, 7) is 13.8. The molecular weight excluding hydrogens is 417 g/mol. The monoisotopic (exact) mass is 447 g/mol. The van der Waals surface area contributed by atoms with Crippen molar-refractivity contribution in [3.63, 3.8) is 0 Å². The van der Waals surface area contributed by atoms with Crippen molar-refractivity contribution in [1.29, 1.82) is 0 Å². The minimum Gasteiger partial charge on any atom is -0.464 e. The summed E-state index contributed by atoms with van der Waals surface area (Å²) in [6.07, 6.45) is 0. The Morgan fingerprint density at radius 1 is 1.33 bits per heavy atom. The SMILES string of the molecule is CCNC(=NCC1CN2CCN1CC2)NC(C)c1ccc(C)o1.I. The quantitative estimate of drug-likeness (QED) is 0.410. The van der Waals surface area contributed by atoms with E-state index in [2.05, 4.69) is 34.3 Å². The molecule has 0 radical (unpaired) electrons. The largest absolute Gasteiger partial charge is 0.464 e. The average molecular weight is 447 g/mol. The van der Waals surface area contributed by atoms with Crippen LogP contribution in [0.15, 0.2) is 21.5 Å². The highest BCUT2D eigenvalue weighted by Crippen LogP contribution is 2.17. The molecule has 3 fully saturated rings. The summed E-state index contributed by atoms with van der Waals surface area (Å²) in [5.41, 5.74) is 0. The van der Waals surface area contributed by atoms with Crippen LogP contribution in [-0.4, -0.2) is 67.6 Å². The number of nitrogens with zero attached hydrogens (tertiary/aromatic N) is 3. The molecular formula is C17H30IN5O. The predicted octanol–water partition coefficient (Wildman–Crippen LogP) is 1.82. The predicted molar refractivity (Wildman–Crippen MR) is 108 cm³/mol. The van der Waals surface area contributed by atoms with Crippen LogP contribution in [0, 0.1) is 6.92 Å². The fraction of sp³-hybridized carbons (Fsp3) is 0.706. The van der Waals surface area contributed by atoms with Gasteiger partial charge in [0.25, 0.3) is 0 Å². The summed E-state index contributed by atoms with van der Waals surface area (Å²) in [4.78, 5) is 9.94. The molecule has 0 aliphatic carbocycles. The van der Waals surface area contributed by atoms with E-state index in [0.29, 0.717) is 6.04 Å². The lowest BCUT2D eigenvalue weighted by atomic mass is 10.1. The second-order valence-corrected chi connectivity index (χ2v) is 6.52. The lowest BCUT2D eigenvalue weighted by Gasteiger charge is -2.47. The minimum atomic E-state index is 0. The van der Waals surface area contributed by atoms with Gasteiger partial charge in [0.05, 0.1) is 12.6 Å². The Hall–Kier alpha value is -0.800. The molecule has 7 heteroatoms. The third kappa shape index (κ3) is 4.86. The molecule has 0 amide bonds. The molecule has 136 valence electrons. The van der Waals surface area contributed by atoms with Crippen molar-refractivity contribution in [2.75, 3.05) is 45.8 Å². The summed E-state index contributed by atoms with van der Waals surface area (Å²) >= 11 is 0. The number of nitrogens with one attached hydrogen (secondary N) is 2. The number of fused-ring (bicyclic) bond motifs is 3.